The molecule has 0 radical (unpaired) electrons. The first kappa shape index (κ1) is 17.4. The van der Waals surface area contributed by atoms with E-state index in [0.717, 1.165) is 22.2 Å². The molecular weight excluding hydrogens is 338 g/mol. The van der Waals surface area contributed by atoms with Crippen molar-refractivity contribution in [1.29, 1.82) is 0 Å². The van der Waals surface area contributed by atoms with Crippen LogP contribution in [0.1, 0.15) is 28.5 Å². The molecule has 0 bridgehead atoms. The van der Waals surface area contributed by atoms with Gasteiger partial charge in [0.25, 0.3) is 0 Å². The van der Waals surface area contributed by atoms with E-state index in [0.29, 0.717) is 29.3 Å². The number of hydrogen-bond acceptors (Lipinski definition) is 3. The summed E-state index contributed by atoms with van der Waals surface area (Å²) in [5.74, 6) is 0.375. The van der Waals surface area contributed by atoms with Gasteiger partial charge in [-0.3, -0.25) is 0 Å². The van der Waals surface area contributed by atoms with E-state index in [9.17, 15) is 4.79 Å². The van der Waals surface area contributed by atoms with Crippen LogP contribution in [0.5, 0.6) is 5.75 Å². The Labute approximate surface area is 151 Å². The Morgan fingerprint density at radius 3 is 2.60 bits per heavy atom. The lowest BCUT2D eigenvalue weighted by Crippen LogP contribution is -2.09. The predicted molar refractivity (Wildman–Crippen MR) is 99.8 cm³/mol. The number of esters is 1. The lowest BCUT2D eigenvalue weighted by molar-refractivity contribution is 0.0601. The summed E-state index contributed by atoms with van der Waals surface area (Å²) in [4.78, 5) is 12.4. The maximum atomic E-state index is 12.4. The second-order valence-electron chi connectivity index (χ2n) is 5.77. The molecule has 130 valence electrons. The van der Waals surface area contributed by atoms with Crippen LogP contribution in [0.4, 0.5) is 0 Å². The minimum absolute atomic E-state index is 0.333. The molecule has 3 aromatic rings. The molecule has 0 unspecified atom stereocenters. The van der Waals surface area contributed by atoms with Gasteiger partial charge in [-0.1, -0.05) is 30.7 Å². The normalized spacial score (nSPS) is 10.9. The number of halogens is 1. The standard InChI is InChI=1S/C20H20ClNO3/c1-4-17-19(20(23)25-3)16-11-15(24-2)8-9-18(16)22(17)12-13-6-5-7-14(21)10-13/h5-11H,4,12H2,1-3H3. The second-order valence-corrected chi connectivity index (χ2v) is 6.20. The van der Waals surface area contributed by atoms with Gasteiger partial charge in [0.15, 0.2) is 0 Å². The number of nitrogens with zero attached hydrogens (tertiary/aromatic N) is 1. The summed E-state index contributed by atoms with van der Waals surface area (Å²) in [6.07, 6.45) is 0.710. The predicted octanol–water partition coefficient (Wildman–Crippen LogP) is 4.70. The third-order valence-electron chi connectivity index (χ3n) is 4.33. The minimum atomic E-state index is -0.333. The zero-order chi connectivity index (χ0) is 18.0. The Morgan fingerprint density at radius 1 is 1.16 bits per heavy atom. The summed E-state index contributed by atoms with van der Waals surface area (Å²) in [6, 6.07) is 13.5. The molecular formula is C20H20ClNO3. The van der Waals surface area contributed by atoms with Gasteiger partial charge >= 0.3 is 5.97 Å². The molecule has 2 aromatic carbocycles. The number of fused-ring (bicyclic) bond motifs is 1. The van der Waals surface area contributed by atoms with Crippen molar-refractivity contribution in [2.45, 2.75) is 19.9 Å². The molecule has 0 aliphatic heterocycles. The number of benzene rings is 2. The van der Waals surface area contributed by atoms with Crippen LogP contribution in [0.2, 0.25) is 5.02 Å². The highest BCUT2D eigenvalue weighted by atomic mass is 35.5. The van der Waals surface area contributed by atoms with Gasteiger partial charge in [0.1, 0.15) is 5.75 Å². The Bertz CT molecular complexity index is 930. The molecule has 0 aliphatic rings. The SMILES string of the molecule is CCc1c(C(=O)OC)c2cc(OC)ccc2n1Cc1cccc(Cl)c1. The molecule has 0 spiro atoms. The first-order valence-electron chi connectivity index (χ1n) is 8.10. The van der Waals surface area contributed by atoms with Crippen molar-refractivity contribution in [1.82, 2.24) is 4.57 Å². The fourth-order valence-corrected chi connectivity index (χ4v) is 3.42. The van der Waals surface area contributed by atoms with Crippen molar-refractivity contribution in [3.8, 4) is 5.75 Å². The molecule has 1 aromatic heterocycles. The van der Waals surface area contributed by atoms with Crippen molar-refractivity contribution in [3.63, 3.8) is 0 Å². The lowest BCUT2D eigenvalue weighted by atomic mass is 10.1. The highest BCUT2D eigenvalue weighted by Gasteiger charge is 2.22. The first-order chi connectivity index (χ1) is 12.1. The number of carbonyl (C=O) groups excluding carboxylic acids is 1. The molecule has 5 heteroatoms. The average molecular weight is 358 g/mol. The summed E-state index contributed by atoms with van der Waals surface area (Å²) in [5.41, 5.74) is 3.58. The van der Waals surface area contributed by atoms with E-state index in [1.165, 1.54) is 7.11 Å². The highest BCUT2D eigenvalue weighted by molar-refractivity contribution is 6.30. The monoisotopic (exact) mass is 357 g/mol. The van der Waals surface area contributed by atoms with Crippen LogP contribution >= 0.6 is 11.6 Å². The van der Waals surface area contributed by atoms with Gasteiger partial charge < -0.3 is 14.0 Å². The van der Waals surface area contributed by atoms with Crippen LogP contribution in [0.3, 0.4) is 0 Å². The van der Waals surface area contributed by atoms with Gasteiger partial charge in [-0.05, 0) is 42.3 Å². The maximum absolute atomic E-state index is 12.4. The summed E-state index contributed by atoms with van der Waals surface area (Å²) in [6.45, 7) is 2.66. The zero-order valence-electron chi connectivity index (χ0n) is 14.5. The summed E-state index contributed by atoms with van der Waals surface area (Å²) in [7, 11) is 3.02. The van der Waals surface area contributed by atoms with E-state index >= 15 is 0 Å². The molecule has 0 N–H and O–H groups in total. The van der Waals surface area contributed by atoms with Crippen molar-refractivity contribution in [3.05, 3.63) is 64.3 Å². The van der Waals surface area contributed by atoms with E-state index in [4.69, 9.17) is 21.1 Å². The fourth-order valence-electron chi connectivity index (χ4n) is 3.21. The average Bonchev–Trinajstić information content (AvgIpc) is 2.93. The van der Waals surface area contributed by atoms with Crippen LogP contribution in [0, 0.1) is 0 Å². The van der Waals surface area contributed by atoms with E-state index in [1.54, 1.807) is 7.11 Å². The van der Waals surface area contributed by atoms with E-state index in [1.807, 2.05) is 49.4 Å². The van der Waals surface area contributed by atoms with Gasteiger partial charge in [-0.25, -0.2) is 4.79 Å². The summed E-state index contributed by atoms with van der Waals surface area (Å²) in [5, 5.41) is 1.53. The number of hydrogen-bond donors (Lipinski definition) is 0. The molecule has 3 rings (SSSR count). The lowest BCUT2D eigenvalue weighted by Gasteiger charge is -2.11. The number of rotatable bonds is 5. The molecule has 0 saturated carbocycles. The van der Waals surface area contributed by atoms with Crippen LogP contribution in [0.15, 0.2) is 42.5 Å². The zero-order valence-corrected chi connectivity index (χ0v) is 15.3. The van der Waals surface area contributed by atoms with Crippen molar-refractivity contribution < 1.29 is 14.3 Å². The van der Waals surface area contributed by atoms with Crippen molar-refractivity contribution >= 4 is 28.5 Å². The molecule has 4 nitrogen and oxygen atoms in total. The van der Waals surface area contributed by atoms with Crippen LogP contribution in [0.25, 0.3) is 10.9 Å². The summed E-state index contributed by atoms with van der Waals surface area (Å²) >= 11 is 6.12. The molecule has 0 atom stereocenters. The number of carbonyl (C=O) groups is 1. The molecule has 0 amide bonds. The number of ether oxygens (including phenoxy) is 2. The Hall–Kier alpha value is -2.46. The van der Waals surface area contributed by atoms with Gasteiger partial charge in [-0.15, -0.1) is 0 Å². The van der Waals surface area contributed by atoms with E-state index in [-0.39, 0.29) is 5.97 Å². The van der Waals surface area contributed by atoms with Crippen LogP contribution < -0.4 is 4.74 Å². The van der Waals surface area contributed by atoms with Crippen molar-refractivity contribution in [2.24, 2.45) is 0 Å². The Balaban J connectivity index is 2.24. The minimum Gasteiger partial charge on any atom is -0.497 e. The summed E-state index contributed by atoms with van der Waals surface area (Å²) < 4.78 is 12.5. The second kappa shape index (κ2) is 7.19. The maximum Gasteiger partial charge on any atom is 0.340 e. The molecule has 0 saturated heterocycles. The Morgan fingerprint density at radius 2 is 1.96 bits per heavy atom. The smallest absolute Gasteiger partial charge is 0.340 e. The van der Waals surface area contributed by atoms with Gasteiger partial charge in [0.05, 0.1) is 19.8 Å². The van der Waals surface area contributed by atoms with Crippen LogP contribution in [-0.4, -0.2) is 24.8 Å². The third-order valence-corrected chi connectivity index (χ3v) is 4.57. The van der Waals surface area contributed by atoms with Gasteiger partial charge in [0.2, 0.25) is 0 Å². The van der Waals surface area contributed by atoms with E-state index in [2.05, 4.69) is 4.57 Å². The first-order valence-corrected chi connectivity index (χ1v) is 8.48. The molecule has 0 aliphatic carbocycles. The largest absolute Gasteiger partial charge is 0.497 e. The number of methoxy groups -OCH3 is 2. The fraction of sp³-hybridized carbons (Fsp3) is 0.250. The van der Waals surface area contributed by atoms with Crippen molar-refractivity contribution in [2.75, 3.05) is 14.2 Å². The highest BCUT2D eigenvalue weighted by Crippen LogP contribution is 2.31. The van der Waals surface area contributed by atoms with E-state index < -0.39 is 0 Å². The van der Waals surface area contributed by atoms with Gasteiger partial charge in [0, 0.05) is 28.2 Å². The number of aromatic nitrogens is 1. The van der Waals surface area contributed by atoms with Crippen LogP contribution in [-0.2, 0) is 17.7 Å². The quantitative estimate of drug-likeness (QED) is 0.621. The molecule has 0 fully saturated rings. The Kier molecular flexibility index (Phi) is 5.00. The molecule has 25 heavy (non-hydrogen) atoms. The molecule has 1 heterocycles. The van der Waals surface area contributed by atoms with Gasteiger partial charge in [-0.2, -0.15) is 0 Å². The topological polar surface area (TPSA) is 40.5 Å². The third kappa shape index (κ3) is 3.22.